The minimum absolute atomic E-state index is 0.215. The summed E-state index contributed by atoms with van der Waals surface area (Å²) in [4.78, 5) is 13.6. The second-order valence-electron chi connectivity index (χ2n) is 6.89. The minimum Gasteiger partial charge on any atom is -0.370 e. The van der Waals surface area contributed by atoms with E-state index in [1.165, 1.54) is 11.1 Å². The molecule has 146 valence electrons. The maximum Gasteiger partial charge on any atom is 0.132 e. The summed E-state index contributed by atoms with van der Waals surface area (Å²) >= 11 is 6.03. The van der Waals surface area contributed by atoms with Gasteiger partial charge in [-0.3, -0.25) is 9.89 Å². The third-order valence-corrected chi connectivity index (χ3v) is 5.61. The number of rotatable bonds is 5. The van der Waals surface area contributed by atoms with E-state index in [0.29, 0.717) is 6.54 Å². The molecule has 0 bridgehead atoms. The summed E-state index contributed by atoms with van der Waals surface area (Å²) in [6.07, 6.45) is 2.09. The van der Waals surface area contributed by atoms with Gasteiger partial charge in [-0.05, 0) is 37.3 Å². The van der Waals surface area contributed by atoms with Gasteiger partial charge in [0.1, 0.15) is 11.7 Å². The molecule has 0 amide bonds. The number of aliphatic imine (C=N–C) groups is 2. The second kappa shape index (κ2) is 9.35. The van der Waals surface area contributed by atoms with Gasteiger partial charge in [0.25, 0.3) is 0 Å². The molecule has 0 saturated carbocycles. The van der Waals surface area contributed by atoms with Crippen LogP contribution in [0.2, 0.25) is 5.02 Å². The minimum atomic E-state index is 0.215. The van der Waals surface area contributed by atoms with E-state index in [2.05, 4.69) is 44.0 Å². The van der Waals surface area contributed by atoms with Gasteiger partial charge in [-0.25, -0.2) is 4.99 Å². The maximum absolute atomic E-state index is 6.10. The summed E-state index contributed by atoms with van der Waals surface area (Å²) < 4.78 is 0. The first-order chi connectivity index (χ1) is 13.2. The first-order valence-corrected chi connectivity index (χ1v) is 9.91. The number of hydrogen-bond donors (Lipinski definition) is 2. The van der Waals surface area contributed by atoms with Crippen LogP contribution in [0.5, 0.6) is 0 Å². The highest BCUT2D eigenvalue weighted by Crippen LogP contribution is 2.25. The first-order valence-electron chi connectivity index (χ1n) is 9.53. The van der Waals surface area contributed by atoms with E-state index in [1.54, 1.807) is 0 Å². The van der Waals surface area contributed by atoms with Gasteiger partial charge >= 0.3 is 0 Å². The fourth-order valence-electron chi connectivity index (χ4n) is 3.96. The highest BCUT2D eigenvalue weighted by atomic mass is 35.5. The Labute approximate surface area is 166 Å². The number of halogens is 1. The lowest BCUT2D eigenvalue weighted by molar-refractivity contribution is 0.135. The van der Waals surface area contributed by atoms with Crippen molar-refractivity contribution in [2.45, 2.75) is 18.9 Å². The highest BCUT2D eigenvalue weighted by molar-refractivity contribution is 6.30. The van der Waals surface area contributed by atoms with Crippen LogP contribution in [0.25, 0.3) is 0 Å². The summed E-state index contributed by atoms with van der Waals surface area (Å²) in [5.41, 5.74) is 8.50. The number of nitrogens with zero attached hydrogens (tertiary/aromatic N) is 4. The zero-order valence-corrected chi connectivity index (χ0v) is 16.8. The molecule has 6 nitrogen and oxygen atoms in total. The standard InChI is InChI=1S/C20H29ClN6/c1-23-19-17(4-3-9-25-19)20(24-2)27-12-10-26(11-13-27)18(14-22)15-5-7-16(21)8-6-15/h5-8,18,25H,1,3-4,9-14,22H2,2H3. The quantitative estimate of drug-likeness (QED) is 0.599. The molecule has 7 heteroatoms. The van der Waals surface area contributed by atoms with Gasteiger partial charge in [0.2, 0.25) is 0 Å². The van der Waals surface area contributed by atoms with Gasteiger partial charge in [-0.2, -0.15) is 0 Å². The number of nitrogens with one attached hydrogen (secondary N) is 1. The van der Waals surface area contributed by atoms with Crippen molar-refractivity contribution in [2.75, 3.05) is 46.3 Å². The largest absolute Gasteiger partial charge is 0.370 e. The molecule has 3 N–H and O–H groups in total. The molecule has 1 aromatic carbocycles. The Hall–Kier alpha value is -1.89. The van der Waals surface area contributed by atoms with E-state index in [-0.39, 0.29) is 6.04 Å². The third-order valence-electron chi connectivity index (χ3n) is 5.35. The van der Waals surface area contributed by atoms with Crippen molar-refractivity contribution in [3.63, 3.8) is 0 Å². The maximum atomic E-state index is 6.10. The molecule has 3 rings (SSSR count). The molecule has 1 saturated heterocycles. The van der Waals surface area contributed by atoms with E-state index in [9.17, 15) is 0 Å². The van der Waals surface area contributed by atoms with Crippen LogP contribution in [-0.4, -0.2) is 68.7 Å². The number of nitrogens with two attached hydrogens (primary N) is 1. The smallest absolute Gasteiger partial charge is 0.132 e. The summed E-state index contributed by atoms with van der Waals surface area (Å²) in [7, 11) is 1.86. The molecule has 2 heterocycles. The second-order valence-corrected chi connectivity index (χ2v) is 7.33. The van der Waals surface area contributed by atoms with Crippen molar-refractivity contribution in [3.05, 3.63) is 46.2 Å². The van der Waals surface area contributed by atoms with Crippen molar-refractivity contribution in [1.29, 1.82) is 0 Å². The van der Waals surface area contributed by atoms with Crippen LogP contribution in [-0.2, 0) is 0 Å². The van der Waals surface area contributed by atoms with Crippen LogP contribution in [0, 0.1) is 0 Å². The normalized spacial score (nSPS) is 20.4. The number of hydrogen-bond acceptors (Lipinski definition) is 5. The Bertz CT molecular complexity index is 704. The summed E-state index contributed by atoms with van der Waals surface area (Å²) in [6.45, 7) is 8.98. The van der Waals surface area contributed by atoms with Crippen molar-refractivity contribution in [1.82, 2.24) is 15.1 Å². The molecule has 2 aliphatic heterocycles. The fourth-order valence-corrected chi connectivity index (χ4v) is 4.09. The van der Waals surface area contributed by atoms with E-state index < -0.39 is 0 Å². The zero-order valence-electron chi connectivity index (χ0n) is 16.0. The van der Waals surface area contributed by atoms with Crippen LogP contribution in [0.4, 0.5) is 0 Å². The van der Waals surface area contributed by atoms with Gasteiger partial charge in [-0.1, -0.05) is 23.7 Å². The Morgan fingerprint density at radius 3 is 2.56 bits per heavy atom. The Morgan fingerprint density at radius 1 is 1.26 bits per heavy atom. The molecule has 1 aromatic rings. The molecule has 0 spiro atoms. The summed E-state index contributed by atoms with van der Waals surface area (Å²) in [5.74, 6) is 1.92. The SMILES string of the molecule is C=NC1=C(C(=NC)N2CCN(C(CN)c3ccc(Cl)cc3)CC2)CCCN1. The van der Waals surface area contributed by atoms with Crippen LogP contribution in [0.3, 0.4) is 0 Å². The van der Waals surface area contributed by atoms with Gasteiger partial charge < -0.3 is 16.0 Å². The molecule has 2 aliphatic rings. The van der Waals surface area contributed by atoms with Crippen molar-refractivity contribution in [2.24, 2.45) is 15.7 Å². The van der Waals surface area contributed by atoms with Crippen LogP contribution in [0.15, 0.2) is 45.6 Å². The molecule has 0 aromatic heterocycles. The Balaban J connectivity index is 1.69. The topological polar surface area (TPSA) is 69.2 Å². The Morgan fingerprint density at radius 2 is 1.96 bits per heavy atom. The molecular weight excluding hydrogens is 360 g/mol. The van der Waals surface area contributed by atoms with Gasteiger partial charge in [0.05, 0.1) is 0 Å². The third kappa shape index (κ3) is 4.51. The molecule has 27 heavy (non-hydrogen) atoms. The zero-order chi connectivity index (χ0) is 19.2. The number of benzene rings is 1. The molecule has 0 aliphatic carbocycles. The van der Waals surface area contributed by atoms with E-state index in [4.69, 9.17) is 17.3 Å². The fraction of sp³-hybridized carbons (Fsp3) is 0.500. The lowest BCUT2D eigenvalue weighted by Gasteiger charge is -2.41. The van der Waals surface area contributed by atoms with Crippen LogP contribution < -0.4 is 11.1 Å². The molecule has 1 atom stereocenters. The predicted molar refractivity (Wildman–Crippen MR) is 114 cm³/mol. The predicted octanol–water partition coefficient (Wildman–Crippen LogP) is 2.28. The lowest BCUT2D eigenvalue weighted by Crippen LogP contribution is -2.51. The first kappa shape index (κ1) is 19.9. The molecule has 1 unspecified atom stereocenters. The van der Waals surface area contributed by atoms with Gasteiger partial charge in [0.15, 0.2) is 0 Å². The number of amidine groups is 1. The van der Waals surface area contributed by atoms with Gasteiger partial charge in [-0.15, -0.1) is 0 Å². The van der Waals surface area contributed by atoms with E-state index in [1.807, 2.05) is 19.2 Å². The highest BCUT2D eigenvalue weighted by Gasteiger charge is 2.28. The van der Waals surface area contributed by atoms with E-state index >= 15 is 0 Å². The average Bonchev–Trinajstić information content (AvgIpc) is 2.72. The van der Waals surface area contributed by atoms with Gasteiger partial charge in [0, 0.05) is 63.0 Å². The van der Waals surface area contributed by atoms with Crippen molar-refractivity contribution in [3.8, 4) is 0 Å². The average molecular weight is 389 g/mol. The summed E-state index contributed by atoms with van der Waals surface area (Å²) in [5, 5.41) is 4.09. The molecule has 0 radical (unpaired) electrons. The lowest BCUT2D eigenvalue weighted by atomic mass is 10.0. The summed E-state index contributed by atoms with van der Waals surface area (Å²) in [6, 6.07) is 8.23. The van der Waals surface area contributed by atoms with Crippen molar-refractivity contribution >= 4 is 24.2 Å². The number of piperazine rings is 1. The van der Waals surface area contributed by atoms with Crippen LogP contribution >= 0.6 is 11.6 Å². The molecular formula is C20H29ClN6. The van der Waals surface area contributed by atoms with Crippen LogP contribution in [0.1, 0.15) is 24.4 Å². The van der Waals surface area contributed by atoms with E-state index in [0.717, 1.165) is 62.2 Å². The Kier molecular flexibility index (Phi) is 6.88. The van der Waals surface area contributed by atoms with Crippen molar-refractivity contribution < 1.29 is 0 Å². The molecule has 1 fully saturated rings. The monoisotopic (exact) mass is 388 g/mol.